The maximum atomic E-state index is 12.4. The molecule has 1 unspecified atom stereocenters. The SMILES string of the molecule is COc1cc(CC(=O)NCC(COC(=O)C(C)(C)C)Cc2ccccc2)ccc1O. The van der Waals surface area contributed by atoms with Crippen LogP contribution in [0.1, 0.15) is 31.9 Å². The second-order valence-corrected chi connectivity index (χ2v) is 8.39. The third-order valence-electron chi connectivity index (χ3n) is 4.63. The van der Waals surface area contributed by atoms with Gasteiger partial charge in [-0.05, 0) is 50.5 Å². The molecule has 2 N–H and O–H groups in total. The van der Waals surface area contributed by atoms with E-state index in [1.165, 1.54) is 13.2 Å². The lowest BCUT2D eigenvalue weighted by molar-refractivity contribution is -0.154. The van der Waals surface area contributed by atoms with Crippen LogP contribution in [0.25, 0.3) is 0 Å². The number of esters is 1. The number of hydrogen-bond acceptors (Lipinski definition) is 5. The molecule has 0 radical (unpaired) electrons. The molecule has 2 aromatic rings. The molecule has 6 nitrogen and oxygen atoms in total. The van der Waals surface area contributed by atoms with Gasteiger partial charge in [0.25, 0.3) is 0 Å². The lowest BCUT2D eigenvalue weighted by atomic mass is 9.96. The van der Waals surface area contributed by atoms with E-state index in [1.54, 1.807) is 12.1 Å². The van der Waals surface area contributed by atoms with Crippen LogP contribution in [0.4, 0.5) is 0 Å². The van der Waals surface area contributed by atoms with Gasteiger partial charge in [0.2, 0.25) is 5.91 Å². The molecular formula is C24H31NO5. The quantitative estimate of drug-likeness (QED) is 0.615. The van der Waals surface area contributed by atoms with Crippen molar-refractivity contribution in [3.05, 3.63) is 59.7 Å². The first-order chi connectivity index (χ1) is 14.2. The number of ether oxygens (including phenoxy) is 2. The van der Waals surface area contributed by atoms with Crippen molar-refractivity contribution in [3.8, 4) is 11.5 Å². The van der Waals surface area contributed by atoms with Gasteiger partial charge < -0.3 is 19.9 Å². The highest BCUT2D eigenvalue weighted by Gasteiger charge is 2.24. The monoisotopic (exact) mass is 413 g/mol. The van der Waals surface area contributed by atoms with Gasteiger partial charge in [0.05, 0.1) is 25.6 Å². The summed E-state index contributed by atoms with van der Waals surface area (Å²) in [5.41, 5.74) is 1.28. The maximum Gasteiger partial charge on any atom is 0.311 e. The van der Waals surface area contributed by atoms with Crippen LogP contribution < -0.4 is 10.1 Å². The minimum Gasteiger partial charge on any atom is -0.504 e. The van der Waals surface area contributed by atoms with Crippen molar-refractivity contribution in [3.63, 3.8) is 0 Å². The number of amides is 1. The Hall–Kier alpha value is -3.02. The van der Waals surface area contributed by atoms with Crippen LogP contribution in [0.2, 0.25) is 0 Å². The molecule has 0 aliphatic rings. The Morgan fingerprint density at radius 1 is 1.07 bits per heavy atom. The van der Waals surface area contributed by atoms with Crippen LogP contribution in [0.5, 0.6) is 11.5 Å². The molecule has 0 aliphatic carbocycles. The Kier molecular flexibility index (Phi) is 8.27. The highest BCUT2D eigenvalue weighted by atomic mass is 16.5. The largest absolute Gasteiger partial charge is 0.504 e. The summed E-state index contributed by atoms with van der Waals surface area (Å²) >= 11 is 0. The van der Waals surface area contributed by atoms with Crippen molar-refractivity contribution in [1.82, 2.24) is 5.32 Å². The van der Waals surface area contributed by atoms with E-state index in [-0.39, 0.29) is 36.6 Å². The van der Waals surface area contributed by atoms with Crippen molar-refractivity contribution >= 4 is 11.9 Å². The van der Waals surface area contributed by atoms with Crippen molar-refractivity contribution in [2.45, 2.75) is 33.6 Å². The molecule has 30 heavy (non-hydrogen) atoms. The maximum absolute atomic E-state index is 12.4. The van der Waals surface area contributed by atoms with Crippen LogP contribution in [0, 0.1) is 11.3 Å². The van der Waals surface area contributed by atoms with E-state index in [0.717, 1.165) is 11.1 Å². The number of nitrogens with one attached hydrogen (secondary N) is 1. The van der Waals surface area contributed by atoms with E-state index in [2.05, 4.69) is 5.32 Å². The van der Waals surface area contributed by atoms with Crippen molar-refractivity contribution in [2.75, 3.05) is 20.3 Å². The van der Waals surface area contributed by atoms with Gasteiger partial charge in [-0.3, -0.25) is 9.59 Å². The fourth-order valence-electron chi connectivity index (χ4n) is 2.89. The van der Waals surface area contributed by atoms with Gasteiger partial charge >= 0.3 is 5.97 Å². The summed E-state index contributed by atoms with van der Waals surface area (Å²) < 4.78 is 10.6. The van der Waals surface area contributed by atoms with E-state index in [1.807, 2.05) is 51.1 Å². The molecule has 1 amide bonds. The molecule has 0 fully saturated rings. The van der Waals surface area contributed by atoms with Gasteiger partial charge in [-0.2, -0.15) is 0 Å². The van der Waals surface area contributed by atoms with Gasteiger partial charge in [0, 0.05) is 12.5 Å². The summed E-state index contributed by atoms with van der Waals surface area (Å²) in [6.45, 7) is 6.07. The average molecular weight is 414 g/mol. The lowest BCUT2D eigenvalue weighted by Gasteiger charge is -2.22. The molecule has 0 spiro atoms. The predicted molar refractivity (Wildman–Crippen MR) is 115 cm³/mol. The van der Waals surface area contributed by atoms with Gasteiger partial charge in [-0.25, -0.2) is 0 Å². The molecule has 0 aliphatic heterocycles. The van der Waals surface area contributed by atoms with Gasteiger partial charge in [-0.1, -0.05) is 36.4 Å². The zero-order chi connectivity index (χ0) is 22.1. The van der Waals surface area contributed by atoms with Crippen LogP contribution in [-0.4, -0.2) is 37.2 Å². The number of rotatable bonds is 9. The summed E-state index contributed by atoms with van der Waals surface area (Å²) in [7, 11) is 1.46. The van der Waals surface area contributed by atoms with E-state index in [9.17, 15) is 14.7 Å². The summed E-state index contributed by atoms with van der Waals surface area (Å²) in [5.74, 6) is -0.0929. The van der Waals surface area contributed by atoms with E-state index < -0.39 is 5.41 Å². The second-order valence-electron chi connectivity index (χ2n) is 8.39. The Morgan fingerprint density at radius 3 is 2.40 bits per heavy atom. The first-order valence-electron chi connectivity index (χ1n) is 10.0. The second kappa shape index (κ2) is 10.7. The molecule has 0 aromatic heterocycles. The van der Waals surface area contributed by atoms with Gasteiger partial charge in [-0.15, -0.1) is 0 Å². The minimum absolute atomic E-state index is 0.0326. The lowest BCUT2D eigenvalue weighted by Crippen LogP contribution is -2.35. The fraction of sp³-hybridized carbons (Fsp3) is 0.417. The molecule has 6 heteroatoms. The highest BCUT2D eigenvalue weighted by Crippen LogP contribution is 2.26. The van der Waals surface area contributed by atoms with Crippen LogP contribution in [0.15, 0.2) is 48.5 Å². The molecule has 0 saturated heterocycles. The predicted octanol–water partition coefficient (Wildman–Crippen LogP) is 3.51. The molecule has 162 valence electrons. The molecule has 1 atom stereocenters. The summed E-state index contributed by atoms with van der Waals surface area (Å²) in [4.78, 5) is 24.6. The first kappa shape index (κ1) is 23.3. The van der Waals surface area contributed by atoms with Crippen molar-refractivity contribution in [1.29, 1.82) is 0 Å². The van der Waals surface area contributed by atoms with Crippen LogP contribution in [0.3, 0.4) is 0 Å². The Bertz CT molecular complexity index is 842. The van der Waals surface area contributed by atoms with Gasteiger partial charge in [0.1, 0.15) is 0 Å². The van der Waals surface area contributed by atoms with Crippen molar-refractivity contribution in [2.24, 2.45) is 11.3 Å². The zero-order valence-electron chi connectivity index (χ0n) is 18.1. The van der Waals surface area contributed by atoms with Crippen LogP contribution in [-0.2, 0) is 27.2 Å². The zero-order valence-corrected chi connectivity index (χ0v) is 18.1. The number of carbonyl (C=O) groups is 2. The topological polar surface area (TPSA) is 84.9 Å². The number of phenols is 1. The first-order valence-corrected chi connectivity index (χ1v) is 10.0. The Labute approximate surface area is 178 Å². The molecule has 0 heterocycles. The Morgan fingerprint density at radius 2 is 1.77 bits per heavy atom. The third-order valence-corrected chi connectivity index (χ3v) is 4.63. The van der Waals surface area contributed by atoms with Gasteiger partial charge in [0.15, 0.2) is 11.5 Å². The number of hydrogen-bond donors (Lipinski definition) is 2. The normalized spacial score (nSPS) is 12.1. The minimum atomic E-state index is -0.571. The molecule has 0 bridgehead atoms. The number of methoxy groups -OCH3 is 1. The van der Waals surface area contributed by atoms with Crippen molar-refractivity contribution < 1.29 is 24.2 Å². The average Bonchev–Trinajstić information content (AvgIpc) is 2.71. The summed E-state index contributed by atoms with van der Waals surface area (Å²) in [6, 6.07) is 14.7. The number of phenolic OH excluding ortho intramolecular Hbond substituents is 1. The number of benzene rings is 2. The Balaban J connectivity index is 1.96. The third kappa shape index (κ3) is 7.43. The van der Waals surface area contributed by atoms with Crippen LogP contribution >= 0.6 is 0 Å². The smallest absolute Gasteiger partial charge is 0.311 e. The van der Waals surface area contributed by atoms with E-state index in [0.29, 0.717) is 18.7 Å². The van der Waals surface area contributed by atoms with E-state index in [4.69, 9.17) is 9.47 Å². The molecule has 0 saturated carbocycles. The highest BCUT2D eigenvalue weighted by molar-refractivity contribution is 5.78. The van der Waals surface area contributed by atoms with E-state index >= 15 is 0 Å². The molecule has 2 rings (SSSR count). The molecule has 2 aromatic carbocycles. The number of aromatic hydroxyl groups is 1. The summed E-state index contributed by atoms with van der Waals surface area (Å²) in [6.07, 6.45) is 0.849. The molecular weight excluding hydrogens is 382 g/mol. The summed E-state index contributed by atoms with van der Waals surface area (Å²) in [5, 5.41) is 12.6. The standard InChI is InChI=1S/C24H31NO5/c1-24(2,3)23(28)30-16-19(12-17-8-6-5-7-9-17)15-25-22(27)14-18-10-11-20(26)21(13-18)29-4/h5-11,13,19,26H,12,14-16H2,1-4H3,(H,25,27). The number of carbonyl (C=O) groups excluding carboxylic acids is 2. The fourth-order valence-corrected chi connectivity index (χ4v) is 2.89.